The highest BCUT2D eigenvalue weighted by atomic mass is 16.5. The lowest BCUT2D eigenvalue weighted by molar-refractivity contribution is 0.304. The molecule has 144 valence electrons. The van der Waals surface area contributed by atoms with E-state index in [0.29, 0.717) is 12.3 Å². The highest BCUT2D eigenvalue weighted by Gasteiger charge is 2.24. The third-order valence-corrected chi connectivity index (χ3v) is 4.14. The number of hydrazine groups is 1. The SMILES string of the molecule is CC.CC.Cc1c(OCc2ccccc2)ccc(N(N)CC2CC2)c1N. The quantitative estimate of drug-likeness (QED) is 0.418. The van der Waals surface area contributed by atoms with Gasteiger partial charge in [-0.2, -0.15) is 0 Å². The Hall–Kier alpha value is -2.20. The Kier molecular flexibility index (Phi) is 9.60. The van der Waals surface area contributed by atoms with Crippen LogP contribution in [-0.2, 0) is 6.61 Å². The molecular formula is C22H35N3O. The van der Waals surface area contributed by atoms with E-state index in [4.69, 9.17) is 16.3 Å². The average Bonchev–Trinajstić information content (AvgIpc) is 3.51. The van der Waals surface area contributed by atoms with E-state index in [0.717, 1.165) is 35.0 Å². The maximum atomic E-state index is 6.25. The second-order valence-electron chi connectivity index (χ2n) is 5.99. The number of benzene rings is 2. The Balaban J connectivity index is 0.000000791. The van der Waals surface area contributed by atoms with E-state index < -0.39 is 0 Å². The minimum Gasteiger partial charge on any atom is -0.489 e. The van der Waals surface area contributed by atoms with Crippen molar-refractivity contribution >= 4 is 11.4 Å². The van der Waals surface area contributed by atoms with Gasteiger partial charge in [-0.05, 0) is 43.4 Å². The summed E-state index contributed by atoms with van der Waals surface area (Å²) in [7, 11) is 0. The molecule has 0 spiro atoms. The fourth-order valence-corrected chi connectivity index (χ4v) is 2.51. The third kappa shape index (κ3) is 6.26. The number of nitrogens with zero attached hydrogens (tertiary/aromatic N) is 1. The van der Waals surface area contributed by atoms with Gasteiger partial charge >= 0.3 is 0 Å². The van der Waals surface area contributed by atoms with E-state index in [2.05, 4.69) is 0 Å². The number of ether oxygens (including phenoxy) is 1. The number of anilines is 2. The number of rotatable bonds is 6. The minimum atomic E-state index is 0.537. The average molecular weight is 358 g/mol. The molecule has 0 heterocycles. The van der Waals surface area contributed by atoms with Crippen LogP contribution in [0.25, 0.3) is 0 Å². The van der Waals surface area contributed by atoms with Gasteiger partial charge in [-0.15, -0.1) is 0 Å². The topological polar surface area (TPSA) is 64.5 Å². The molecule has 0 amide bonds. The Bertz CT molecular complexity index is 639. The van der Waals surface area contributed by atoms with Crippen molar-refractivity contribution in [1.82, 2.24) is 0 Å². The second kappa shape index (κ2) is 11.4. The molecule has 1 aliphatic carbocycles. The van der Waals surface area contributed by atoms with Crippen molar-refractivity contribution in [2.24, 2.45) is 11.8 Å². The van der Waals surface area contributed by atoms with Crippen LogP contribution in [0.5, 0.6) is 5.75 Å². The van der Waals surface area contributed by atoms with E-state index in [1.165, 1.54) is 12.8 Å². The Morgan fingerprint density at radius 2 is 1.62 bits per heavy atom. The molecule has 4 nitrogen and oxygen atoms in total. The van der Waals surface area contributed by atoms with Gasteiger partial charge in [-0.25, -0.2) is 5.84 Å². The maximum absolute atomic E-state index is 6.25. The molecule has 1 aliphatic rings. The summed E-state index contributed by atoms with van der Waals surface area (Å²) in [5, 5.41) is 1.76. The van der Waals surface area contributed by atoms with E-state index >= 15 is 0 Å². The monoisotopic (exact) mass is 357 g/mol. The van der Waals surface area contributed by atoms with Crippen molar-refractivity contribution in [3.05, 3.63) is 53.6 Å². The van der Waals surface area contributed by atoms with Crippen molar-refractivity contribution < 1.29 is 4.74 Å². The van der Waals surface area contributed by atoms with Crippen molar-refractivity contribution in [1.29, 1.82) is 0 Å². The number of hydrogen-bond donors (Lipinski definition) is 2. The lowest BCUT2D eigenvalue weighted by Gasteiger charge is -2.22. The molecule has 3 rings (SSSR count). The molecule has 0 atom stereocenters. The van der Waals surface area contributed by atoms with Crippen LogP contribution in [-0.4, -0.2) is 6.54 Å². The maximum Gasteiger partial charge on any atom is 0.124 e. The standard InChI is InChI=1S/C18H23N3O.2C2H6/c1-13-17(22-12-15-5-3-2-4-6-15)10-9-16(18(13)19)21(20)11-14-7-8-14;2*1-2/h2-6,9-10,14H,7-8,11-12,19-20H2,1H3;2*1-2H3. The predicted molar refractivity (Wildman–Crippen MR) is 113 cm³/mol. The first kappa shape index (κ1) is 21.8. The highest BCUT2D eigenvalue weighted by Crippen LogP contribution is 2.35. The summed E-state index contributed by atoms with van der Waals surface area (Å²) in [5.41, 5.74) is 9.92. The molecule has 4 heteroatoms. The molecule has 4 N–H and O–H groups in total. The van der Waals surface area contributed by atoms with Crippen molar-refractivity contribution in [3.63, 3.8) is 0 Å². The molecular weight excluding hydrogens is 322 g/mol. The van der Waals surface area contributed by atoms with Gasteiger partial charge < -0.3 is 15.5 Å². The summed E-state index contributed by atoms with van der Waals surface area (Å²) < 4.78 is 5.89. The van der Waals surface area contributed by atoms with Crippen molar-refractivity contribution in [3.8, 4) is 5.75 Å². The molecule has 0 bridgehead atoms. The highest BCUT2D eigenvalue weighted by molar-refractivity contribution is 5.73. The van der Waals surface area contributed by atoms with Gasteiger partial charge in [-0.1, -0.05) is 58.0 Å². The molecule has 0 saturated heterocycles. The molecule has 2 aromatic rings. The molecule has 26 heavy (non-hydrogen) atoms. The molecule has 0 aromatic heterocycles. The lowest BCUT2D eigenvalue weighted by Crippen LogP contribution is -2.33. The fourth-order valence-electron chi connectivity index (χ4n) is 2.51. The van der Waals surface area contributed by atoms with E-state index in [9.17, 15) is 0 Å². The molecule has 0 aliphatic heterocycles. The summed E-state index contributed by atoms with van der Waals surface area (Å²) >= 11 is 0. The van der Waals surface area contributed by atoms with Gasteiger partial charge in [0.25, 0.3) is 0 Å². The van der Waals surface area contributed by atoms with Crippen molar-refractivity contribution in [2.45, 2.75) is 54.1 Å². The lowest BCUT2D eigenvalue weighted by atomic mass is 10.1. The summed E-state index contributed by atoms with van der Waals surface area (Å²) in [6.45, 7) is 11.4. The van der Waals surface area contributed by atoms with Gasteiger partial charge in [0, 0.05) is 12.1 Å². The smallest absolute Gasteiger partial charge is 0.124 e. The number of nitrogens with two attached hydrogens (primary N) is 2. The van der Waals surface area contributed by atoms with Crippen LogP contribution >= 0.6 is 0 Å². The zero-order valence-electron chi connectivity index (χ0n) is 17.0. The largest absolute Gasteiger partial charge is 0.489 e. The molecule has 1 fully saturated rings. The fraction of sp³-hybridized carbons (Fsp3) is 0.455. The molecule has 2 aromatic carbocycles. The molecule has 1 saturated carbocycles. The Morgan fingerprint density at radius 1 is 1.00 bits per heavy atom. The summed E-state index contributed by atoms with van der Waals surface area (Å²) in [5.74, 6) is 7.66. The van der Waals surface area contributed by atoms with Crippen LogP contribution in [0.4, 0.5) is 11.4 Å². The van der Waals surface area contributed by atoms with Crippen LogP contribution in [0, 0.1) is 12.8 Å². The first-order valence-corrected chi connectivity index (χ1v) is 9.73. The zero-order valence-corrected chi connectivity index (χ0v) is 17.0. The van der Waals surface area contributed by atoms with Gasteiger partial charge in [0.1, 0.15) is 12.4 Å². The van der Waals surface area contributed by atoms with Gasteiger partial charge in [0.15, 0.2) is 0 Å². The van der Waals surface area contributed by atoms with Crippen molar-refractivity contribution in [2.75, 3.05) is 17.3 Å². The minimum absolute atomic E-state index is 0.537. The van der Waals surface area contributed by atoms with E-state index in [-0.39, 0.29) is 0 Å². The first-order chi connectivity index (χ1) is 12.6. The van der Waals surface area contributed by atoms with Crippen LogP contribution in [0.3, 0.4) is 0 Å². The second-order valence-corrected chi connectivity index (χ2v) is 5.99. The van der Waals surface area contributed by atoms with Crippen LogP contribution < -0.4 is 21.3 Å². The zero-order chi connectivity index (χ0) is 19.5. The van der Waals surface area contributed by atoms with Gasteiger partial charge in [-0.3, -0.25) is 0 Å². The Labute approximate surface area is 159 Å². The first-order valence-electron chi connectivity index (χ1n) is 9.73. The number of nitrogen functional groups attached to an aromatic ring is 1. The van der Waals surface area contributed by atoms with Crippen LogP contribution in [0.15, 0.2) is 42.5 Å². The summed E-state index contributed by atoms with van der Waals surface area (Å²) in [6, 6.07) is 14.0. The van der Waals surface area contributed by atoms with Crippen LogP contribution in [0.1, 0.15) is 51.7 Å². The third-order valence-electron chi connectivity index (χ3n) is 4.14. The van der Waals surface area contributed by atoms with Gasteiger partial charge in [0.05, 0.1) is 11.4 Å². The van der Waals surface area contributed by atoms with Gasteiger partial charge in [0.2, 0.25) is 0 Å². The summed E-state index contributed by atoms with van der Waals surface area (Å²) in [6.07, 6.45) is 2.54. The Morgan fingerprint density at radius 3 is 2.19 bits per heavy atom. The summed E-state index contributed by atoms with van der Waals surface area (Å²) in [4.78, 5) is 0. The van der Waals surface area contributed by atoms with E-state index in [1.54, 1.807) is 5.01 Å². The number of hydrogen-bond acceptors (Lipinski definition) is 4. The normalized spacial score (nSPS) is 12.2. The van der Waals surface area contributed by atoms with Crippen LogP contribution in [0.2, 0.25) is 0 Å². The predicted octanol–water partition coefficient (Wildman–Crippen LogP) is 5.30. The van der Waals surface area contributed by atoms with E-state index in [1.807, 2.05) is 77.1 Å². The molecule has 0 radical (unpaired) electrons. The molecule has 0 unspecified atom stereocenters.